The number of sulfone groups is 1. The van der Waals surface area contributed by atoms with Crippen LogP contribution in [0.1, 0.15) is 18.9 Å². The summed E-state index contributed by atoms with van der Waals surface area (Å²) < 4.78 is 31.8. The Morgan fingerprint density at radius 3 is 2.22 bits per heavy atom. The first-order valence-electron chi connectivity index (χ1n) is 10.9. The minimum Gasteiger partial charge on any atom is -0.466 e. The second kappa shape index (κ2) is 16.2. The fraction of sp³-hybridized carbons (Fsp3) is 0.409. The summed E-state index contributed by atoms with van der Waals surface area (Å²) in [5.41, 5.74) is 0.708. The predicted octanol–water partition coefficient (Wildman–Crippen LogP) is -0.292. The van der Waals surface area contributed by atoms with Gasteiger partial charge in [-0.1, -0.05) is 41.9 Å². The van der Waals surface area contributed by atoms with Crippen molar-refractivity contribution in [3.8, 4) is 0 Å². The molecule has 0 aliphatic rings. The van der Waals surface area contributed by atoms with Crippen molar-refractivity contribution in [2.75, 3.05) is 32.5 Å². The molecule has 15 heteroatoms. The topological polar surface area (TPSA) is 186 Å². The van der Waals surface area contributed by atoms with Crippen LogP contribution in [-0.2, 0) is 45.1 Å². The lowest BCUT2D eigenvalue weighted by atomic mass is 10.2. The van der Waals surface area contributed by atoms with Gasteiger partial charge < -0.3 is 30.7 Å². The number of rotatable bonds is 14. The van der Waals surface area contributed by atoms with Gasteiger partial charge in [-0.15, -0.1) is 0 Å². The van der Waals surface area contributed by atoms with Crippen molar-refractivity contribution in [2.24, 2.45) is 0 Å². The van der Waals surface area contributed by atoms with Crippen molar-refractivity contribution >= 4 is 51.2 Å². The van der Waals surface area contributed by atoms with Crippen LogP contribution in [0.4, 0.5) is 4.79 Å². The smallest absolute Gasteiger partial charge is 0.408 e. The summed E-state index contributed by atoms with van der Waals surface area (Å²) in [5.74, 6) is -2.99. The largest absolute Gasteiger partial charge is 0.466 e. The molecule has 0 spiro atoms. The summed E-state index contributed by atoms with van der Waals surface area (Å²) in [5, 5.41) is 9.09. The molecule has 13 nitrogen and oxygen atoms in total. The molecule has 0 aliphatic carbocycles. The van der Waals surface area contributed by atoms with E-state index in [1.54, 1.807) is 37.3 Å². The van der Waals surface area contributed by atoms with Crippen molar-refractivity contribution in [1.82, 2.24) is 21.3 Å². The molecule has 1 aromatic carbocycles. The van der Waals surface area contributed by atoms with Gasteiger partial charge in [-0.05, 0) is 18.6 Å². The van der Waals surface area contributed by atoms with E-state index < -0.39 is 69.5 Å². The van der Waals surface area contributed by atoms with Gasteiger partial charge in [0.05, 0.1) is 26.1 Å². The molecular weight excluding hydrogens is 532 g/mol. The van der Waals surface area contributed by atoms with Crippen molar-refractivity contribution < 1.29 is 41.9 Å². The molecule has 0 saturated carbocycles. The van der Waals surface area contributed by atoms with Gasteiger partial charge in [0.15, 0.2) is 9.84 Å². The van der Waals surface area contributed by atoms with Gasteiger partial charge >= 0.3 is 12.1 Å². The summed E-state index contributed by atoms with van der Waals surface area (Å²) >= 11 is 5.54. The Balaban J connectivity index is 2.53. The number of carbonyl (C=O) groups excluding carboxylic acids is 5. The summed E-state index contributed by atoms with van der Waals surface area (Å²) in [7, 11) is -3.58. The van der Waals surface area contributed by atoms with Crippen LogP contribution in [0, 0.1) is 0 Å². The Bertz CT molecular complexity index is 1090. The minimum atomic E-state index is -3.58. The predicted molar refractivity (Wildman–Crippen MR) is 133 cm³/mol. The summed E-state index contributed by atoms with van der Waals surface area (Å²) in [6, 6.07) is 7.39. The van der Waals surface area contributed by atoms with Crippen LogP contribution in [0.3, 0.4) is 0 Å². The molecule has 1 atom stereocenters. The summed E-state index contributed by atoms with van der Waals surface area (Å²) in [6.07, 6.45) is 0.522. The van der Waals surface area contributed by atoms with E-state index in [0.29, 0.717) is 5.56 Å². The van der Waals surface area contributed by atoms with E-state index in [9.17, 15) is 32.4 Å². The third kappa shape index (κ3) is 13.9. The highest BCUT2D eigenvalue weighted by Gasteiger charge is 2.25. The average Bonchev–Trinajstić information content (AvgIpc) is 2.84. The van der Waals surface area contributed by atoms with Crippen LogP contribution in [0.5, 0.6) is 0 Å². The highest BCUT2D eigenvalue weighted by molar-refractivity contribution is 7.96. The third-order valence-electron chi connectivity index (χ3n) is 4.28. The Kier molecular flexibility index (Phi) is 13.7. The van der Waals surface area contributed by atoms with Gasteiger partial charge in [-0.25, -0.2) is 13.2 Å². The number of esters is 1. The lowest BCUT2D eigenvalue weighted by molar-refractivity contribution is -0.145. The van der Waals surface area contributed by atoms with E-state index in [-0.39, 0.29) is 19.8 Å². The maximum Gasteiger partial charge on any atom is 0.408 e. The summed E-state index contributed by atoms with van der Waals surface area (Å²) in [6.45, 7) is 0.360. The molecule has 37 heavy (non-hydrogen) atoms. The van der Waals surface area contributed by atoms with Gasteiger partial charge in [-0.2, -0.15) is 0 Å². The molecule has 0 aromatic heterocycles. The number of nitrogens with one attached hydrogen (secondary N) is 4. The Morgan fingerprint density at radius 1 is 0.973 bits per heavy atom. The monoisotopic (exact) mass is 560 g/mol. The third-order valence-corrected chi connectivity index (χ3v) is 6.15. The van der Waals surface area contributed by atoms with E-state index in [2.05, 4.69) is 21.3 Å². The van der Waals surface area contributed by atoms with Crippen molar-refractivity contribution in [3.63, 3.8) is 0 Å². The second-order valence-electron chi connectivity index (χ2n) is 7.35. The quantitative estimate of drug-likeness (QED) is 0.222. The van der Waals surface area contributed by atoms with Crippen LogP contribution in [0.2, 0.25) is 0 Å². The van der Waals surface area contributed by atoms with Crippen LogP contribution < -0.4 is 21.3 Å². The molecule has 0 radical (unpaired) electrons. The lowest BCUT2D eigenvalue weighted by Crippen LogP contribution is -2.50. The zero-order chi connectivity index (χ0) is 27.8. The first kappa shape index (κ1) is 31.4. The van der Waals surface area contributed by atoms with E-state index in [4.69, 9.17) is 21.1 Å². The molecule has 0 saturated heterocycles. The molecule has 204 valence electrons. The fourth-order valence-corrected chi connectivity index (χ4v) is 2.96. The molecule has 0 unspecified atom stereocenters. The zero-order valence-corrected chi connectivity index (χ0v) is 21.8. The first-order chi connectivity index (χ1) is 17.4. The number of hydrogen-bond acceptors (Lipinski definition) is 9. The average molecular weight is 561 g/mol. The van der Waals surface area contributed by atoms with Gasteiger partial charge in [0.25, 0.3) is 0 Å². The number of ether oxygens (including phenoxy) is 2. The molecular formula is C22H29ClN4O9S. The minimum absolute atomic E-state index is 0.0619. The van der Waals surface area contributed by atoms with E-state index >= 15 is 0 Å². The van der Waals surface area contributed by atoms with E-state index in [1.165, 1.54) is 0 Å². The number of amides is 4. The Hall–Kier alpha value is -3.65. The number of carbonyl (C=O) groups is 5. The Morgan fingerprint density at radius 2 is 1.59 bits per heavy atom. The first-order valence-corrected chi connectivity index (χ1v) is 13.2. The van der Waals surface area contributed by atoms with Crippen molar-refractivity contribution in [2.45, 2.75) is 26.0 Å². The van der Waals surface area contributed by atoms with Crippen LogP contribution >= 0.6 is 11.6 Å². The molecule has 4 N–H and O–H groups in total. The highest BCUT2D eigenvalue weighted by Crippen LogP contribution is 2.08. The maximum absolute atomic E-state index is 12.5. The maximum atomic E-state index is 12.5. The second-order valence-corrected chi connectivity index (χ2v) is 9.96. The molecule has 0 heterocycles. The van der Waals surface area contributed by atoms with E-state index in [1.807, 2.05) is 0 Å². The fourth-order valence-electron chi connectivity index (χ4n) is 2.49. The standard InChI is InChI=1S/C22H29ClN4O9S/c1-3-35-20(30)11-16(27-22(32)36-14-15-7-5-4-6-8-15)21(31)26-13-19(29)25-12-18(28)24-10-9-17(23)37(2,33)34/h4-9,16H,3,10-14H2,1-2H3,(H,24,28)(H,25,29)(H,26,31)(H,27,32)/b17-9+/t16-/m0/s1. The number of benzene rings is 1. The van der Waals surface area contributed by atoms with Gasteiger partial charge in [-0.3, -0.25) is 19.2 Å². The Labute approximate surface area is 219 Å². The number of halogens is 1. The number of alkyl carbamates (subject to hydrolysis) is 1. The van der Waals surface area contributed by atoms with E-state index in [0.717, 1.165) is 12.3 Å². The lowest BCUT2D eigenvalue weighted by Gasteiger charge is -2.17. The van der Waals surface area contributed by atoms with Crippen molar-refractivity contribution in [1.29, 1.82) is 0 Å². The van der Waals surface area contributed by atoms with Crippen LogP contribution in [0.25, 0.3) is 0 Å². The highest BCUT2D eigenvalue weighted by atomic mass is 35.5. The molecule has 0 bridgehead atoms. The van der Waals surface area contributed by atoms with Gasteiger partial charge in [0.2, 0.25) is 17.7 Å². The van der Waals surface area contributed by atoms with Crippen LogP contribution in [-0.4, -0.2) is 76.7 Å². The number of hydrogen-bond donors (Lipinski definition) is 4. The SMILES string of the molecule is CCOC(=O)C[C@H](NC(=O)OCc1ccccc1)C(=O)NCC(=O)NCC(=O)NC/C=C(\Cl)S(C)(=O)=O. The molecule has 1 rings (SSSR count). The van der Waals surface area contributed by atoms with Crippen molar-refractivity contribution in [3.05, 3.63) is 46.3 Å². The van der Waals surface area contributed by atoms with Gasteiger partial charge in [0.1, 0.15) is 17.0 Å². The van der Waals surface area contributed by atoms with Crippen LogP contribution in [0.15, 0.2) is 40.8 Å². The normalized spacial score (nSPS) is 12.0. The summed E-state index contributed by atoms with van der Waals surface area (Å²) in [4.78, 5) is 60.2. The molecule has 4 amide bonds. The van der Waals surface area contributed by atoms with Gasteiger partial charge in [0, 0.05) is 12.8 Å². The molecule has 0 fully saturated rings. The zero-order valence-electron chi connectivity index (χ0n) is 20.2. The molecule has 1 aromatic rings. The molecule has 0 aliphatic heterocycles.